The second kappa shape index (κ2) is 9.15. The van der Waals surface area contributed by atoms with Crippen molar-refractivity contribution in [3.8, 4) is 34.0 Å². The Labute approximate surface area is 215 Å². The van der Waals surface area contributed by atoms with Gasteiger partial charge in [0.15, 0.2) is 5.65 Å². The molecule has 3 heterocycles. The Morgan fingerprint density at radius 1 is 0.811 bits per heavy atom. The Balaban J connectivity index is 1.58. The van der Waals surface area contributed by atoms with Crippen molar-refractivity contribution in [3.05, 3.63) is 124 Å². The number of hydrogen-bond acceptors (Lipinski definition) is 5. The maximum Gasteiger partial charge on any atom is 0.296 e. The zero-order chi connectivity index (χ0) is 25.4. The molecule has 176 valence electrons. The summed E-state index contributed by atoms with van der Waals surface area (Å²) >= 11 is 6.11. The summed E-state index contributed by atoms with van der Waals surface area (Å²) in [7, 11) is 0. The molecule has 0 saturated carbocycles. The quantitative estimate of drug-likeness (QED) is 0.281. The van der Waals surface area contributed by atoms with Gasteiger partial charge < -0.3 is 4.85 Å². The highest BCUT2D eigenvalue weighted by molar-refractivity contribution is 6.30. The Hall–Kier alpha value is -5.13. The van der Waals surface area contributed by atoms with E-state index in [0.29, 0.717) is 38.8 Å². The fraction of sp³-hybridized carbons (Fsp3) is 0. The van der Waals surface area contributed by atoms with Crippen molar-refractivity contribution in [1.82, 2.24) is 29.3 Å². The molecule has 0 fully saturated rings. The molecule has 0 saturated heterocycles. The van der Waals surface area contributed by atoms with E-state index in [1.165, 1.54) is 12.4 Å². The van der Waals surface area contributed by atoms with Crippen LogP contribution in [0.2, 0.25) is 5.02 Å². The average molecular weight is 502 g/mol. The molecule has 0 aliphatic heterocycles. The van der Waals surface area contributed by atoms with Crippen molar-refractivity contribution in [2.75, 3.05) is 0 Å². The van der Waals surface area contributed by atoms with E-state index < -0.39 is 0 Å². The van der Waals surface area contributed by atoms with E-state index in [1.54, 1.807) is 39.7 Å². The summed E-state index contributed by atoms with van der Waals surface area (Å²) in [5.41, 5.74) is 3.54. The van der Waals surface area contributed by atoms with Gasteiger partial charge >= 0.3 is 0 Å². The number of para-hydroxylation sites is 1. The van der Waals surface area contributed by atoms with Gasteiger partial charge in [-0.2, -0.15) is 5.10 Å². The molecule has 6 aromatic rings. The molecule has 6 rings (SSSR count). The topological polar surface area (TPSA) is 82.8 Å². The fourth-order valence-electron chi connectivity index (χ4n) is 4.14. The fourth-order valence-corrected chi connectivity index (χ4v) is 4.27. The standard InChI is InChI=1S/C28H16ClN7O/c1-30-25-24(31-15-16-32-25)18-7-9-19(10-8-18)26-34-27-23(17-33-36(27)22-5-3-2-4-6-22)28(37)35(26)21-13-11-20(29)12-14-21/h2-17H. The summed E-state index contributed by atoms with van der Waals surface area (Å²) in [6, 6.07) is 23.9. The number of nitrogens with zero attached hydrogens (tertiary/aromatic N) is 7. The second-order valence-corrected chi connectivity index (χ2v) is 8.54. The molecule has 0 unspecified atom stereocenters. The third-order valence-corrected chi connectivity index (χ3v) is 6.14. The number of fused-ring (bicyclic) bond motifs is 1. The molecule has 37 heavy (non-hydrogen) atoms. The van der Waals surface area contributed by atoms with Crippen LogP contribution in [0.25, 0.3) is 49.9 Å². The van der Waals surface area contributed by atoms with Gasteiger partial charge in [-0.3, -0.25) is 14.3 Å². The number of halogens is 1. The van der Waals surface area contributed by atoms with E-state index >= 15 is 0 Å². The van der Waals surface area contributed by atoms with Gasteiger partial charge in [0.25, 0.3) is 11.4 Å². The van der Waals surface area contributed by atoms with Gasteiger partial charge in [-0.1, -0.05) is 60.6 Å². The van der Waals surface area contributed by atoms with Crippen LogP contribution in [0.4, 0.5) is 5.82 Å². The summed E-state index contributed by atoms with van der Waals surface area (Å²) in [6.45, 7) is 7.38. The zero-order valence-corrected chi connectivity index (χ0v) is 19.9. The van der Waals surface area contributed by atoms with Crippen LogP contribution in [0.5, 0.6) is 0 Å². The summed E-state index contributed by atoms with van der Waals surface area (Å²) < 4.78 is 3.21. The summed E-state index contributed by atoms with van der Waals surface area (Å²) in [5.74, 6) is 0.660. The zero-order valence-electron chi connectivity index (χ0n) is 19.2. The summed E-state index contributed by atoms with van der Waals surface area (Å²) in [6.07, 6.45) is 4.58. The highest BCUT2D eigenvalue weighted by Crippen LogP contribution is 2.29. The van der Waals surface area contributed by atoms with E-state index in [9.17, 15) is 4.79 Å². The van der Waals surface area contributed by atoms with Crippen LogP contribution in [0.1, 0.15) is 0 Å². The molecular weight excluding hydrogens is 486 g/mol. The Morgan fingerprint density at radius 2 is 1.51 bits per heavy atom. The minimum Gasteiger partial charge on any atom is -0.359 e. The largest absolute Gasteiger partial charge is 0.359 e. The molecule has 0 amide bonds. The van der Waals surface area contributed by atoms with E-state index in [1.807, 2.05) is 54.6 Å². The maximum absolute atomic E-state index is 13.8. The lowest BCUT2D eigenvalue weighted by Crippen LogP contribution is -2.22. The molecule has 0 bridgehead atoms. The highest BCUT2D eigenvalue weighted by Gasteiger charge is 2.19. The van der Waals surface area contributed by atoms with Crippen LogP contribution in [0.15, 0.2) is 102 Å². The molecular formula is C28H16ClN7O. The van der Waals surface area contributed by atoms with Gasteiger partial charge in [0.05, 0.1) is 29.5 Å². The van der Waals surface area contributed by atoms with Gasteiger partial charge in [-0.15, -0.1) is 4.98 Å². The first kappa shape index (κ1) is 22.3. The lowest BCUT2D eigenvalue weighted by molar-refractivity contribution is 0.888. The first-order valence-electron chi connectivity index (χ1n) is 11.3. The van der Waals surface area contributed by atoms with Crippen LogP contribution < -0.4 is 5.56 Å². The van der Waals surface area contributed by atoms with Crippen molar-refractivity contribution < 1.29 is 0 Å². The van der Waals surface area contributed by atoms with Gasteiger partial charge in [-0.25, -0.2) is 9.67 Å². The molecule has 0 N–H and O–H groups in total. The van der Waals surface area contributed by atoms with Crippen LogP contribution >= 0.6 is 11.6 Å². The minimum atomic E-state index is -0.252. The van der Waals surface area contributed by atoms with Crippen molar-refractivity contribution in [1.29, 1.82) is 0 Å². The Kier molecular flexibility index (Phi) is 5.52. The molecule has 0 atom stereocenters. The first-order valence-corrected chi connectivity index (χ1v) is 11.6. The highest BCUT2D eigenvalue weighted by atomic mass is 35.5. The average Bonchev–Trinajstić information content (AvgIpc) is 3.39. The molecule has 9 heteroatoms. The van der Waals surface area contributed by atoms with Gasteiger partial charge in [0.1, 0.15) is 17.4 Å². The van der Waals surface area contributed by atoms with Crippen LogP contribution in [0.3, 0.4) is 0 Å². The second-order valence-electron chi connectivity index (χ2n) is 8.10. The summed E-state index contributed by atoms with van der Waals surface area (Å²) in [4.78, 5) is 30.6. The Morgan fingerprint density at radius 3 is 2.24 bits per heavy atom. The van der Waals surface area contributed by atoms with E-state index in [0.717, 1.165) is 11.3 Å². The third kappa shape index (κ3) is 3.93. The van der Waals surface area contributed by atoms with Gasteiger partial charge in [0.2, 0.25) is 0 Å². The van der Waals surface area contributed by atoms with E-state index in [2.05, 4.69) is 19.9 Å². The monoisotopic (exact) mass is 501 g/mol. The van der Waals surface area contributed by atoms with Crippen molar-refractivity contribution in [3.63, 3.8) is 0 Å². The normalized spacial score (nSPS) is 10.9. The van der Waals surface area contributed by atoms with Crippen LogP contribution in [0, 0.1) is 6.57 Å². The lowest BCUT2D eigenvalue weighted by atomic mass is 10.1. The Bertz CT molecular complexity index is 1850. The third-order valence-electron chi connectivity index (χ3n) is 5.89. The number of rotatable bonds is 4. The molecule has 3 aromatic carbocycles. The van der Waals surface area contributed by atoms with Gasteiger partial charge in [-0.05, 0) is 42.0 Å². The molecule has 8 nitrogen and oxygen atoms in total. The smallest absolute Gasteiger partial charge is 0.296 e. The van der Waals surface area contributed by atoms with Crippen molar-refractivity contribution in [2.24, 2.45) is 0 Å². The minimum absolute atomic E-state index is 0.222. The van der Waals surface area contributed by atoms with E-state index in [-0.39, 0.29) is 11.4 Å². The molecule has 0 aliphatic carbocycles. The predicted molar refractivity (Wildman–Crippen MR) is 142 cm³/mol. The van der Waals surface area contributed by atoms with Gasteiger partial charge in [0, 0.05) is 10.6 Å². The van der Waals surface area contributed by atoms with Crippen molar-refractivity contribution in [2.45, 2.75) is 0 Å². The lowest BCUT2D eigenvalue weighted by Gasteiger charge is -2.14. The molecule has 3 aromatic heterocycles. The molecule has 0 spiro atoms. The molecule has 0 aliphatic rings. The maximum atomic E-state index is 13.8. The van der Waals surface area contributed by atoms with Crippen LogP contribution in [-0.4, -0.2) is 29.3 Å². The van der Waals surface area contributed by atoms with E-state index in [4.69, 9.17) is 23.2 Å². The van der Waals surface area contributed by atoms with Crippen LogP contribution in [-0.2, 0) is 0 Å². The number of benzene rings is 3. The predicted octanol–water partition coefficient (Wildman–Crippen LogP) is 5.90. The van der Waals surface area contributed by atoms with Crippen molar-refractivity contribution >= 4 is 28.5 Å². The molecule has 0 radical (unpaired) electrons. The SMILES string of the molecule is [C-]#[N+]c1nccnc1-c1ccc(-c2nc3c(cnn3-c3ccccc3)c(=O)n2-c2ccc(Cl)cc2)cc1. The first-order chi connectivity index (χ1) is 18.1. The summed E-state index contributed by atoms with van der Waals surface area (Å²) in [5, 5.41) is 5.41. The number of hydrogen-bond donors (Lipinski definition) is 0. The number of aromatic nitrogens is 6.